The van der Waals surface area contributed by atoms with E-state index in [0.29, 0.717) is 16.9 Å². The second kappa shape index (κ2) is 5.85. The largest absolute Gasteiger partial charge is 0.489 e. The second-order valence-corrected chi connectivity index (χ2v) is 4.10. The molecule has 0 saturated heterocycles. The van der Waals surface area contributed by atoms with Crippen LogP contribution in [-0.4, -0.2) is 5.91 Å². The van der Waals surface area contributed by atoms with Gasteiger partial charge in [-0.15, -0.1) is 0 Å². The van der Waals surface area contributed by atoms with Crippen LogP contribution in [0.5, 0.6) is 5.75 Å². The number of ether oxygens (including phenoxy) is 1. The van der Waals surface area contributed by atoms with Crippen LogP contribution in [0.4, 0.5) is 4.39 Å². The molecule has 2 aromatic rings. The number of benzene rings is 2. The van der Waals surface area contributed by atoms with Gasteiger partial charge in [0.15, 0.2) is 0 Å². The van der Waals surface area contributed by atoms with Gasteiger partial charge in [-0.2, -0.15) is 5.26 Å². The number of carbonyl (C=O) groups is 1. The minimum Gasteiger partial charge on any atom is -0.489 e. The molecular formula is C15H11FN2O2. The molecule has 0 unspecified atom stereocenters. The molecule has 0 aliphatic carbocycles. The van der Waals surface area contributed by atoms with Gasteiger partial charge < -0.3 is 10.5 Å². The number of rotatable bonds is 4. The summed E-state index contributed by atoms with van der Waals surface area (Å²) in [5.74, 6) is -0.508. The van der Waals surface area contributed by atoms with Crippen LogP contribution in [0.1, 0.15) is 21.5 Å². The quantitative estimate of drug-likeness (QED) is 0.926. The summed E-state index contributed by atoms with van der Waals surface area (Å²) >= 11 is 0. The minimum absolute atomic E-state index is 0.0352. The first-order chi connectivity index (χ1) is 9.60. The van der Waals surface area contributed by atoms with Gasteiger partial charge in [-0.3, -0.25) is 4.79 Å². The van der Waals surface area contributed by atoms with Crippen LogP contribution in [-0.2, 0) is 6.61 Å². The Kier molecular flexibility index (Phi) is 3.96. The Bertz CT molecular complexity index is 675. The molecule has 0 spiro atoms. The Labute approximate surface area is 115 Å². The first-order valence-corrected chi connectivity index (χ1v) is 5.81. The number of hydrogen-bond acceptors (Lipinski definition) is 3. The van der Waals surface area contributed by atoms with E-state index >= 15 is 0 Å². The molecule has 0 radical (unpaired) electrons. The summed E-state index contributed by atoms with van der Waals surface area (Å²) < 4.78 is 19.0. The number of primary amides is 1. The first kappa shape index (κ1) is 13.6. The third-order valence-electron chi connectivity index (χ3n) is 2.72. The summed E-state index contributed by atoms with van der Waals surface area (Å²) in [7, 11) is 0. The molecular weight excluding hydrogens is 259 g/mol. The van der Waals surface area contributed by atoms with Crippen molar-refractivity contribution in [2.45, 2.75) is 6.61 Å². The molecule has 0 fully saturated rings. The van der Waals surface area contributed by atoms with Crippen molar-refractivity contribution in [2.75, 3.05) is 0 Å². The molecule has 0 atom stereocenters. The van der Waals surface area contributed by atoms with E-state index in [4.69, 9.17) is 15.7 Å². The highest BCUT2D eigenvalue weighted by Crippen LogP contribution is 2.16. The van der Waals surface area contributed by atoms with Gasteiger partial charge in [-0.25, -0.2) is 4.39 Å². The molecule has 0 aromatic heterocycles. The first-order valence-electron chi connectivity index (χ1n) is 5.81. The van der Waals surface area contributed by atoms with Crippen molar-refractivity contribution in [3.63, 3.8) is 0 Å². The van der Waals surface area contributed by atoms with Crippen LogP contribution < -0.4 is 10.5 Å². The molecule has 1 amide bonds. The maximum atomic E-state index is 13.6. The smallest absolute Gasteiger partial charge is 0.248 e. The maximum absolute atomic E-state index is 13.6. The number of halogens is 1. The van der Waals surface area contributed by atoms with Gasteiger partial charge in [0.05, 0.1) is 11.6 Å². The Morgan fingerprint density at radius 1 is 1.25 bits per heavy atom. The van der Waals surface area contributed by atoms with Gasteiger partial charge in [-0.1, -0.05) is 6.07 Å². The van der Waals surface area contributed by atoms with Crippen molar-refractivity contribution in [1.29, 1.82) is 5.26 Å². The summed E-state index contributed by atoms with van der Waals surface area (Å²) in [6.45, 7) is 0.0352. The van der Waals surface area contributed by atoms with Crippen LogP contribution in [0.25, 0.3) is 0 Å². The standard InChI is InChI=1S/C15H11FN2O2/c16-14-7-10(8-17)1-2-12(14)9-20-13-5-3-11(4-6-13)15(18)19/h1-7H,9H2,(H2,18,19). The lowest BCUT2D eigenvalue weighted by molar-refractivity contribution is 0.100. The molecule has 0 heterocycles. The van der Waals surface area contributed by atoms with Crippen molar-refractivity contribution >= 4 is 5.91 Å². The normalized spacial score (nSPS) is 9.80. The zero-order valence-electron chi connectivity index (χ0n) is 10.5. The van der Waals surface area contributed by atoms with Crippen molar-refractivity contribution in [3.05, 3.63) is 65.0 Å². The maximum Gasteiger partial charge on any atom is 0.248 e. The van der Waals surface area contributed by atoms with Gasteiger partial charge >= 0.3 is 0 Å². The lowest BCUT2D eigenvalue weighted by Crippen LogP contribution is -2.10. The highest BCUT2D eigenvalue weighted by molar-refractivity contribution is 5.92. The van der Waals surface area contributed by atoms with Gasteiger partial charge in [0.2, 0.25) is 5.91 Å². The zero-order valence-corrected chi connectivity index (χ0v) is 10.5. The van der Waals surface area contributed by atoms with Gasteiger partial charge in [0.1, 0.15) is 18.2 Å². The number of hydrogen-bond donors (Lipinski definition) is 1. The Hall–Kier alpha value is -2.87. The van der Waals surface area contributed by atoms with E-state index in [1.807, 2.05) is 6.07 Å². The third kappa shape index (κ3) is 3.12. The fourth-order valence-electron chi connectivity index (χ4n) is 1.61. The van der Waals surface area contributed by atoms with Crippen LogP contribution in [0.3, 0.4) is 0 Å². The number of nitrogens with two attached hydrogens (primary N) is 1. The van der Waals surface area contributed by atoms with Crippen molar-refractivity contribution in [1.82, 2.24) is 0 Å². The monoisotopic (exact) mass is 270 g/mol. The topological polar surface area (TPSA) is 76.1 Å². The summed E-state index contributed by atoms with van der Waals surface area (Å²) in [4.78, 5) is 10.9. The van der Waals surface area contributed by atoms with E-state index in [-0.39, 0.29) is 12.2 Å². The number of amides is 1. The van der Waals surface area contributed by atoms with E-state index in [9.17, 15) is 9.18 Å². The molecule has 20 heavy (non-hydrogen) atoms. The molecule has 2 rings (SSSR count). The summed E-state index contributed by atoms with van der Waals surface area (Å²) in [5.41, 5.74) is 6.11. The number of nitrogens with zero attached hydrogens (tertiary/aromatic N) is 1. The van der Waals surface area contributed by atoms with Crippen LogP contribution in [0.15, 0.2) is 42.5 Å². The average Bonchev–Trinajstić information content (AvgIpc) is 2.46. The fraction of sp³-hybridized carbons (Fsp3) is 0.0667. The number of nitriles is 1. The molecule has 0 bridgehead atoms. The Morgan fingerprint density at radius 2 is 1.95 bits per heavy atom. The highest BCUT2D eigenvalue weighted by atomic mass is 19.1. The SMILES string of the molecule is N#Cc1ccc(COc2ccc(C(N)=O)cc2)c(F)c1. The Balaban J connectivity index is 2.05. The average molecular weight is 270 g/mol. The zero-order chi connectivity index (χ0) is 14.5. The fourth-order valence-corrected chi connectivity index (χ4v) is 1.61. The van der Waals surface area contributed by atoms with E-state index in [1.165, 1.54) is 24.3 Å². The lowest BCUT2D eigenvalue weighted by Gasteiger charge is -2.07. The van der Waals surface area contributed by atoms with Crippen molar-refractivity contribution < 1.29 is 13.9 Å². The van der Waals surface area contributed by atoms with E-state index < -0.39 is 11.7 Å². The second-order valence-electron chi connectivity index (χ2n) is 4.10. The minimum atomic E-state index is -0.519. The molecule has 0 aliphatic heterocycles. The molecule has 100 valence electrons. The third-order valence-corrected chi connectivity index (χ3v) is 2.72. The number of carbonyl (C=O) groups excluding carboxylic acids is 1. The predicted molar refractivity (Wildman–Crippen MR) is 70.4 cm³/mol. The molecule has 2 aromatic carbocycles. The van der Waals surface area contributed by atoms with E-state index in [0.717, 1.165) is 6.07 Å². The van der Waals surface area contributed by atoms with Crippen LogP contribution >= 0.6 is 0 Å². The molecule has 2 N–H and O–H groups in total. The van der Waals surface area contributed by atoms with Gasteiger partial charge in [-0.05, 0) is 36.4 Å². The van der Waals surface area contributed by atoms with E-state index in [1.54, 1.807) is 12.1 Å². The van der Waals surface area contributed by atoms with Gasteiger partial charge in [0.25, 0.3) is 0 Å². The summed E-state index contributed by atoms with van der Waals surface area (Å²) in [6.07, 6.45) is 0. The van der Waals surface area contributed by atoms with E-state index in [2.05, 4.69) is 0 Å². The molecule has 4 nitrogen and oxygen atoms in total. The van der Waals surface area contributed by atoms with Gasteiger partial charge in [0, 0.05) is 11.1 Å². The van der Waals surface area contributed by atoms with Crippen LogP contribution in [0, 0.1) is 17.1 Å². The van der Waals surface area contributed by atoms with Crippen molar-refractivity contribution in [2.24, 2.45) is 5.73 Å². The Morgan fingerprint density at radius 3 is 2.50 bits per heavy atom. The van der Waals surface area contributed by atoms with Crippen LogP contribution in [0.2, 0.25) is 0 Å². The molecule has 0 aliphatic rings. The highest BCUT2D eigenvalue weighted by Gasteiger charge is 2.05. The summed E-state index contributed by atoms with van der Waals surface area (Å²) in [6, 6.07) is 12.3. The summed E-state index contributed by atoms with van der Waals surface area (Å²) in [5, 5.41) is 8.65. The predicted octanol–water partition coefficient (Wildman–Crippen LogP) is 2.38. The molecule has 5 heteroatoms. The lowest BCUT2D eigenvalue weighted by atomic mass is 10.1. The van der Waals surface area contributed by atoms with Crippen molar-refractivity contribution in [3.8, 4) is 11.8 Å². The molecule has 0 saturated carbocycles.